The molecule has 4 N–H and O–H groups in total. The van der Waals surface area contributed by atoms with Gasteiger partial charge in [-0.3, -0.25) is 30.6 Å². The van der Waals surface area contributed by atoms with E-state index in [4.69, 9.17) is 0 Å². The van der Waals surface area contributed by atoms with Crippen molar-refractivity contribution >= 4 is 17.8 Å². The average molecular weight is 307 g/mol. The van der Waals surface area contributed by atoms with E-state index in [1.165, 1.54) is 13.8 Å². The predicted molar refractivity (Wildman–Crippen MR) is 80.7 cm³/mol. The zero-order valence-corrected chi connectivity index (χ0v) is 12.6. The van der Waals surface area contributed by atoms with Crippen LogP contribution in [0.15, 0.2) is 30.3 Å². The van der Waals surface area contributed by atoms with Gasteiger partial charge in [-0.1, -0.05) is 30.3 Å². The van der Waals surface area contributed by atoms with Crippen LogP contribution in [0.3, 0.4) is 0 Å². The van der Waals surface area contributed by atoms with Gasteiger partial charge >= 0.3 is 5.97 Å². The van der Waals surface area contributed by atoms with Crippen LogP contribution in [0.1, 0.15) is 25.8 Å². The van der Waals surface area contributed by atoms with Crippen molar-refractivity contribution < 1.29 is 19.5 Å². The van der Waals surface area contributed by atoms with Crippen molar-refractivity contribution in [2.45, 2.75) is 38.8 Å². The molecule has 7 heteroatoms. The summed E-state index contributed by atoms with van der Waals surface area (Å²) in [6, 6.07) is 7.93. The molecule has 22 heavy (non-hydrogen) atoms. The molecule has 0 bridgehead atoms. The summed E-state index contributed by atoms with van der Waals surface area (Å²) in [5, 5.41) is 12.0. The van der Waals surface area contributed by atoms with E-state index in [-0.39, 0.29) is 0 Å². The number of carbonyl (C=O) groups is 3. The van der Waals surface area contributed by atoms with Crippen molar-refractivity contribution in [2.75, 3.05) is 0 Å². The van der Waals surface area contributed by atoms with Crippen LogP contribution < -0.4 is 16.2 Å². The van der Waals surface area contributed by atoms with Crippen molar-refractivity contribution in [1.82, 2.24) is 16.2 Å². The SMILES string of the molecule is CC(=O)NNC(=O)[C@H](C)N[C@@H](CCc1ccccc1)C(=O)O. The van der Waals surface area contributed by atoms with Gasteiger partial charge in [0, 0.05) is 6.92 Å². The third-order valence-corrected chi connectivity index (χ3v) is 3.07. The van der Waals surface area contributed by atoms with Gasteiger partial charge in [0.15, 0.2) is 0 Å². The third kappa shape index (κ3) is 6.36. The molecule has 1 rings (SSSR count). The molecule has 0 aliphatic carbocycles. The van der Waals surface area contributed by atoms with Gasteiger partial charge in [-0.2, -0.15) is 0 Å². The molecule has 0 fully saturated rings. The molecule has 0 saturated carbocycles. The molecule has 0 saturated heterocycles. The summed E-state index contributed by atoms with van der Waals surface area (Å²) in [5.74, 6) is -1.92. The van der Waals surface area contributed by atoms with Crippen LogP contribution in [0.5, 0.6) is 0 Å². The Hall–Kier alpha value is -2.41. The second kappa shape index (κ2) is 8.78. The zero-order valence-electron chi connectivity index (χ0n) is 12.6. The first kappa shape index (κ1) is 17.6. The molecule has 0 heterocycles. The van der Waals surface area contributed by atoms with E-state index in [1.54, 1.807) is 0 Å². The molecule has 120 valence electrons. The summed E-state index contributed by atoms with van der Waals surface area (Å²) in [5.41, 5.74) is 5.40. The quantitative estimate of drug-likeness (QED) is 0.539. The van der Waals surface area contributed by atoms with Gasteiger partial charge in [0.05, 0.1) is 6.04 Å². The molecule has 0 spiro atoms. The first-order chi connectivity index (χ1) is 10.4. The molecule has 1 aromatic rings. The van der Waals surface area contributed by atoms with Crippen molar-refractivity contribution in [3.8, 4) is 0 Å². The number of rotatable bonds is 7. The number of aryl methyl sites for hydroxylation is 1. The van der Waals surface area contributed by atoms with E-state index in [0.717, 1.165) is 5.56 Å². The lowest BCUT2D eigenvalue weighted by Gasteiger charge is -2.19. The summed E-state index contributed by atoms with van der Waals surface area (Å²) in [6.07, 6.45) is 0.946. The number of benzene rings is 1. The Morgan fingerprint density at radius 3 is 2.32 bits per heavy atom. The van der Waals surface area contributed by atoms with Gasteiger partial charge in [-0.25, -0.2) is 0 Å². The predicted octanol–water partition coefficient (Wildman–Crippen LogP) is 0.218. The molecule has 0 aliphatic rings. The normalized spacial score (nSPS) is 13.0. The topological polar surface area (TPSA) is 108 Å². The maximum absolute atomic E-state index is 11.7. The highest BCUT2D eigenvalue weighted by atomic mass is 16.4. The lowest BCUT2D eigenvalue weighted by atomic mass is 10.0. The number of carboxylic acid groups (broad SMARTS) is 1. The molecular formula is C15H21N3O4. The van der Waals surface area contributed by atoms with Gasteiger partial charge < -0.3 is 5.11 Å². The second-order valence-corrected chi connectivity index (χ2v) is 4.97. The van der Waals surface area contributed by atoms with E-state index in [0.29, 0.717) is 12.8 Å². The monoisotopic (exact) mass is 307 g/mol. The van der Waals surface area contributed by atoms with Crippen LogP contribution in [-0.2, 0) is 20.8 Å². The van der Waals surface area contributed by atoms with Crippen LogP contribution in [0, 0.1) is 0 Å². The minimum atomic E-state index is -1.02. The van der Waals surface area contributed by atoms with E-state index >= 15 is 0 Å². The number of carbonyl (C=O) groups excluding carboxylic acids is 2. The third-order valence-electron chi connectivity index (χ3n) is 3.07. The van der Waals surface area contributed by atoms with Gasteiger partial charge in [0.1, 0.15) is 6.04 Å². The van der Waals surface area contributed by atoms with E-state index < -0.39 is 29.9 Å². The average Bonchev–Trinajstić information content (AvgIpc) is 2.49. The molecule has 0 aromatic heterocycles. The summed E-state index contributed by atoms with van der Waals surface area (Å²) in [7, 11) is 0. The molecule has 2 amide bonds. The number of amides is 2. The Kier molecular flexibility index (Phi) is 7.04. The Morgan fingerprint density at radius 1 is 1.14 bits per heavy atom. The standard InChI is InChI=1S/C15H21N3O4/c1-10(14(20)18-17-11(2)19)16-13(15(21)22)9-8-12-6-4-3-5-7-12/h3-7,10,13,16H,8-9H2,1-2H3,(H,17,19)(H,18,20)(H,21,22)/t10-,13-/m0/s1. The van der Waals surface area contributed by atoms with Crippen molar-refractivity contribution in [3.63, 3.8) is 0 Å². The largest absolute Gasteiger partial charge is 0.480 e. The maximum Gasteiger partial charge on any atom is 0.320 e. The number of aliphatic carboxylic acids is 1. The summed E-state index contributed by atoms with van der Waals surface area (Å²) in [4.78, 5) is 33.7. The molecule has 0 unspecified atom stereocenters. The van der Waals surface area contributed by atoms with Crippen LogP contribution in [0.4, 0.5) is 0 Å². The summed E-state index contributed by atoms with van der Waals surface area (Å²) >= 11 is 0. The van der Waals surface area contributed by atoms with E-state index in [1.807, 2.05) is 30.3 Å². The number of hydrogen-bond donors (Lipinski definition) is 4. The van der Waals surface area contributed by atoms with E-state index in [9.17, 15) is 19.5 Å². The molecule has 7 nitrogen and oxygen atoms in total. The lowest BCUT2D eigenvalue weighted by molar-refractivity contribution is -0.140. The molecule has 0 aliphatic heterocycles. The number of hydrazine groups is 1. The van der Waals surface area contributed by atoms with Crippen LogP contribution in [-0.4, -0.2) is 35.0 Å². The smallest absolute Gasteiger partial charge is 0.320 e. The first-order valence-corrected chi connectivity index (χ1v) is 6.99. The minimum Gasteiger partial charge on any atom is -0.480 e. The van der Waals surface area contributed by atoms with Crippen molar-refractivity contribution in [3.05, 3.63) is 35.9 Å². The van der Waals surface area contributed by atoms with Crippen LogP contribution in [0.25, 0.3) is 0 Å². The van der Waals surface area contributed by atoms with Gasteiger partial charge in [0.2, 0.25) is 5.91 Å². The first-order valence-electron chi connectivity index (χ1n) is 6.99. The Morgan fingerprint density at radius 2 is 1.77 bits per heavy atom. The number of nitrogens with one attached hydrogen (secondary N) is 3. The highest BCUT2D eigenvalue weighted by molar-refractivity contribution is 5.85. The molecular weight excluding hydrogens is 286 g/mol. The second-order valence-electron chi connectivity index (χ2n) is 4.97. The minimum absolute atomic E-state index is 0.358. The van der Waals surface area contributed by atoms with Gasteiger partial charge in [0.25, 0.3) is 5.91 Å². The summed E-state index contributed by atoms with van der Waals surface area (Å²) in [6.45, 7) is 2.80. The zero-order chi connectivity index (χ0) is 16.5. The fourth-order valence-corrected chi connectivity index (χ4v) is 1.87. The maximum atomic E-state index is 11.7. The van der Waals surface area contributed by atoms with Gasteiger partial charge in [-0.05, 0) is 25.3 Å². The number of carboxylic acids is 1. The fourth-order valence-electron chi connectivity index (χ4n) is 1.87. The van der Waals surface area contributed by atoms with E-state index in [2.05, 4.69) is 16.2 Å². The van der Waals surface area contributed by atoms with Gasteiger partial charge in [-0.15, -0.1) is 0 Å². The van der Waals surface area contributed by atoms with Crippen molar-refractivity contribution in [1.29, 1.82) is 0 Å². The molecule has 0 radical (unpaired) electrons. The highest BCUT2D eigenvalue weighted by Crippen LogP contribution is 2.06. The summed E-state index contributed by atoms with van der Waals surface area (Å²) < 4.78 is 0. The lowest BCUT2D eigenvalue weighted by Crippen LogP contribution is -2.53. The number of hydrogen-bond acceptors (Lipinski definition) is 4. The molecule has 1 aromatic carbocycles. The Labute approximate surface area is 129 Å². The Balaban J connectivity index is 2.51. The van der Waals surface area contributed by atoms with Crippen LogP contribution >= 0.6 is 0 Å². The van der Waals surface area contributed by atoms with Crippen LogP contribution in [0.2, 0.25) is 0 Å². The highest BCUT2D eigenvalue weighted by Gasteiger charge is 2.23. The van der Waals surface area contributed by atoms with Crippen molar-refractivity contribution in [2.24, 2.45) is 0 Å². The fraction of sp³-hybridized carbons (Fsp3) is 0.400. The Bertz CT molecular complexity index is 519. The molecule has 2 atom stereocenters.